The average Bonchev–Trinajstić information content (AvgIpc) is 2.46. The topological polar surface area (TPSA) is 38.7 Å². The van der Waals surface area contributed by atoms with Gasteiger partial charge in [-0.1, -0.05) is 12.1 Å². The fourth-order valence-electron chi connectivity index (χ4n) is 1.71. The number of methoxy groups -OCH3 is 1. The monoisotopic (exact) mass is 340 g/mol. The van der Waals surface area contributed by atoms with Crippen molar-refractivity contribution in [1.29, 1.82) is 0 Å². The molecule has 0 amide bonds. The predicted molar refractivity (Wildman–Crippen MR) is 77.5 cm³/mol. The average molecular weight is 341 g/mol. The van der Waals surface area contributed by atoms with Gasteiger partial charge in [-0.2, -0.15) is 0 Å². The van der Waals surface area contributed by atoms with Crippen LogP contribution in [0.4, 0.5) is 4.39 Å². The molecule has 3 nitrogen and oxygen atoms in total. The van der Waals surface area contributed by atoms with Crippen LogP contribution >= 0.6 is 15.9 Å². The van der Waals surface area contributed by atoms with E-state index >= 15 is 0 Å². The second kappa shape index (κ2) is 6.72. The zero-order valence-electron chi connectivity index (χ0n) is 10.8. The molecule has 0 saturated heterocycles. The van der Waals surface area contributed by atoms with Crippen molar-refractivity contribution in [3.05, 3.63) is 58.3 Å². The van der Waals surface area contributed by atoms with Crippen molar-refractivity contribution >= 4 is 15.9 Å². The fourth-order valence-corrected chi connectivity index (χ4v) is 2.17. The van der Waals surface area contributed by atoms with Crippen LogP contribution in [-0.2, 0) is 0 Å². The van der Waals surface area contributed by atoms with E-state index in [0.717, 1.165) is 0 Å². The first kappa shape index (κ1) is 14.8. The zero-order valence-corrected chi connectivity index (χ0v) is 12.4. The molecule has 1 N–H and O–H groups in total. The minimum Gasteiger partial charge on any atom is -0.497 e. The Hall–Kier alpha value is -1.59. The maximum atomic E-state index is 12.9. The summed E-state index contributed by atoms with van der Waals surface area (Å²) in [6, 6.07) is 11.3. The van der Waals surface area contributed by atoms with Crippen LogP contribution in [0, 0.1) is 5.82 Å². The Balaban J connectivity index is 2.02. The minimum absolute atomic E-state index is 0.0669. The van der Waals surface area contributed by atoms with Crippen LogP contribution < -0.4 is 9.47 Å². The summed E-state index contributed by atoms with van der Waals surface area (Å²) in [6.45, 7) is 0.0669. The van der Waals surface area contributed by atoms with Gasteiger partial charge in [0.15, 0.2) is 0 Å². The van der Waals surface area contributed by atoms with Crippen LogP contribution in [0.1, 0.15) is 11.7 Å². The quantitative estimate of drug-likeness (QED) is 0.901. The lowest BCUT2D eigenvalue weighted by Gasteiger charge is -2.14. The van der Waals surface area contributed by atoms with Crippen LogP contribution in [0.25, 0.3) is 0 Å². The summed E-state index contributed by atoms with van der Waals surface area (Å²) in [5.41, 5.74) is 0.697. The van der Waals surface area contributed by atoms with Crippen LogP contribution in [0.15, 0.2) is 46.9 Å². The molecule has 0 radical (unpaired) electrons. The van der Waals surface area contributed by atoms with Crippen LogP contribution in [0.3, 0.4) is 0 Å². The molecule has 0 heterocycles. The molecule has 0 bridgehead atoms. The molecule has 2 rings (SSSR count). The maximum absolute atomic E-state index is 12.9. The molecule has 1 unspecified atom stereocenters. The molecule has 2 aromatic rings. The Labute approximate surface area is 125 Å². The molecule has 0 fully saturated rings. The summed E-state index contributed by atoms with van der Waals surface area (Å²) in [5, 5.41) is 10.1. The highest BCUT2D eigenvalue weighted by Crippen LogP contribution is 2.27. The van der Waals surface area contributed by atoms with E-state index in [4.69, 9.17) is 9.47 Å². The molecular formula is C15H14BrFO3. The smallest absolute Gasteiger partial charge is 0.133 e. The summed E-state index contributed by atoms with van der Waals surface area (Å²) >= 11 is 3.21. The minimum atomic E-state index is -0.790. The van der Waals surface area contributed by atoms with Crippen molar-refractivity contribution in [3.8, 4) is 11.5 Å². The number of hydrogen-bond donors (Lipinski definition) is 1. The number of aliphatic hydroxyl groups excluding tert-OH is 1. The Morgan fingerprint density at radius 2 is 2.05 bits per heavy atom. The van der Waals surface area contributed by atoms with Gasteiger partial charge >= 0.3 is 0 Å². The third-order valence-corrected chi connectivity index (χ3v) is 3.39. The first-order chi connectivity index (χ1) is 9.60. The number of aliphatic hydroxyl groups is 1. The van der Waals surface area contributed by atoms with Crippen LogP contribution in [0.2, 0.25) is 0 Å². The summed E-state index contributed by atoms with van der Waals surface area (Å²) in [5.74, 6) is 0.801. The van der Waals surface area contributed by atoms with E-state index in [1.807, 2.05) is 0 Å². The highest BCUT2D eigenvalue weighted by atomic mass is 79.9. The number of hydrogen-bond acceptors (Lipinski definition) is 3. The van der Waals surface area contributed by atoms with E-state index in [2.05, 4.69) is 15.9 Å². The highest BCUT2D eigenvalue weighted by Gasteiger charge is 2.11. The van der Waals surface area contributed by atoms with Gasteiger partial charge in [0.2, 0.25) is 0 Å². The van der Waals surface area contributed by atoms with Crippen LogP contribution in [-0.4, -0.2) is 18.8 Å². The van der Waals surface area contributed by atoms with Gasteiger partial charge in [0.25, 0.3) is 0 Å². The Bertz CT molecular complexity index is 589. The summed E-state index contributed by atoms with van der Waals surface area (Å²) < 4.78 is 24.0. The fraction of sp³-hybridized carbons (Fsp3) is 0.200. The molecule has 2 aromatic carbocycles. The van der Waals surface area contributed by atoms with Gasteiger partial charge < -0.3 is 14.6 Å². The Kier molecular flexibility index (Phi) is 4.98. The van der Waals surface area contributed by atoms with Crippen molar-refractivity contribution in [2.45, 2.75) is 6.10 Å². The summed E-state index contributed by atoms with van der Waals surface area (Å²) in [4.78, 5) is 0. The van der Waals surface area contributed by atoms with E-state index < -0.39 is 6.10 Å². The van der Waals surface area contributed by atoms with Crippen molar-refractivity contribution in [3.63, 3.8) is 0 Å². The van der Waals surface area contributed by atoms with Crippen molar-refractivity contribution in [1.82, 2.24) is 0 Å². The predicted octanol–water partition coefficient (Wildman–Crippen LogP) is 3.71. The first-order valence-electron chi connectivity index (χ1n) is 6.00. The molecule has 5 heteroatoms. The lowest BCUT2D eigenvalue weighted by atomic mass is 10.1. The largest absolute Gasteiger partial charge is 0.497 e. The number of benzene rings is 2. The van der Waals surface area contributed by atoms with E-state index in [0.29, 0.717) is 21.5 Å². The normalized spacial score (nSPS) is 12.0. The lowest BCUT2D eigenvalue weighted by Crippen LogP contribution is -2.10. The highest BCUT2D eigenvalue weighted by molar-refractivity contribution is 9.10. The number of ether oxygens (including phenoxy) is 2. The van der Waals surface area contributed by atoms with Gasteiger partial charge in [-0.15, -0.1) is 0 Å². The van der Waals surface area contributed by atoms with Gasteiger partial charge in [0, 0.05) is 0 Å². The molecule has 0 aliphatic rings. The van der Waals surface area contributed by atoms with Crippen molar-refractivity contribution in [2.75, 3.05) is 13.7 Å². The third kappa shape index (κ3) is 3.71. The zero-order chi connectivity index (χ0) is 14.5. The molecule has 0 aromatic heterocycles. The summed E-state index contributed by atoms with van der Waals surface area (Å²) in [6.07, 6.45) is -0.790. The number of rotatable bonds is 5. The molecule has 0 spiro atoms. The molecule has 20 heavy (non-hydrogen) atoms. The second-order valence-electron chi connectivity index (χ2n) is 4.18. The standard InChI is InChI=1S/C15H14BrFO3/c1-19-12-4-2-3-10(7-12)14(18)9-20-15-6-5-11(17)8-13(15)16/h2-8,14,18H,9H2,1H3. The van der Waals surface area contributed by atoms with E-state index in [1.54, 1.807) is 31.4 Å². The van der Waals surface area contributed by atoms with Gasteiger partial charge in [-0.3, -0.25) is 0 Å². The molecule has 0 saturated carbocycles. The van der Waals surface area contributed by atoms with Crippen molar-refractivity contribution < 1.29 is 19.0 Å². The van der Waals surface area contributed by atoms with Gasteiger partial charge in [-0.25, -0.2) is 4.39 Å². The SMILES string of the molecule is COc1cccc(C(O)COc2ccc(F)cc2Br)c1. The lowest BCUT2D eigenvalue weighted by molar-refractivity contribution is 0.107. The van der Waals surface area contributed by atoms with Gasteiger partial charge in [0.1, 0.15) is 30.0 Å². The first-order valence-corrected chi connectivity index (χ1v) is 6.79. The van der Waals surface area contributed by atoms with E-state index in [9.17, 15) is 9.50 Å². The third-order valence-electron chi connectivity index (χ3n) is 2.77. The number of halogens is 2. The van der Waals surface area contributed by atoms with Gasteiger partial charge in [-0.05, 0) is 51.8 Å². The maximum Gasteiger partial charge on any atom is 0.133 e. The second-order valence-corrected chi connectivity index (χ2v) is 5.03. The Morgan fingerprint density at radius 1 is 1.25 bits per heavy atom. The summed E-state index contributed by atoms with van der Waals surface area (Å²) in [7, 11) is 1.57. The van der Waals surface area contributed by atoms with Gasteiger partial charge in [0.05, 0.1) is 11.6 Å². The molecular weight excluding hydrogens is 327 g/mol. The van der Waals surface area contributed by atoms with E-state index in [1.165, 1.54) is 18.2 Å². The van der Waals surface area contributed by atoms with E-state index in [-0.39, 0.29) is 12.4 Å². The van der Waals surface area contributed by atoms with Crippen LogP contribution in [0.5, 0.6) is 11.5 Å². The molecule has 0 aliphatic carbocycles. The molecule has 0 aliphatic heterocycles. The Morgan fingerprint density at radius 3 is 2.75 bits per heavy atom. The molecule has 106 valence electrons. The van der Waals surface area contributed by atoms with Crippen molar-refractivity contribution in [2.24, 2.45) is 0 Å². The molecule has 1 atom stereocenters.